The van der Waals surface area contributed by atoms with Crippen molar-refractivity contribution in [2.24, 2.45) is 39.7 Å². The van der Waals surface area contributed by atoms with E-state index in [9.17, 15) is 10.3 Å². The monoisotopic (exact) mass is 305 g/mol. The minimum absolute atomic E-state index is 0.0527. The first kappa shape index (κ1) is 15.0. The van der Waals surface area contributed by atoms with Gasteiger partial charge in [0.15, 0.2) is 0 Å². The lowest BCUT2D eigenvalue weighted by Crippen LogP contribution is -2.54. The van der Waals surface area contributed by atoms with E-state index in [1.165, 1.54) is 38.5 Å². The zero-order valence-electron chi connectivity index (χ0n) is 14.1. The molecule has 0 bridgehead atoms. The molecule has 22 heavy (non-hydrogen) atoms. The fourth-order valence-electron chi connectivity index (χ4n) is 7.19. The predicted octanol–water partition coefficient (Wildman–Crippen LogP) is 4.22. The maximum Gasteiger partial charge on any atom is 0.0632 e. The first-order valence-corrected chi connectivity index (χ1v) is 9.38. The van der Waals surface area contributed by atoms with Crippen LogP contribution in [0.2, 0.25) is 0 Å². The van der Waals surface area contributed by atoms with Crippen LogP contribution in [0, 0.1) is 34.5 Å². The van der Waals surface area contributed by atoms with Gasteiger partial charge in [-0.25, -0.2) is 0 Å². The van der Waals surface area contributed by atoms with Crippen molar-refractivity contribution in [1.29, 1.82) is 0 Å². The average Bonchev–Trinajstić information content (AvgIpc) is 2.84. The van der Waals surface area contributed by atoms with Crippen molar-refractivity contribution in [2.75, 3.05) is 0 Å². The Morgan fingerprint density at radius 3 is 2.59 bits per heavy atom. The van der Waals surface area contributed by atoms with Gasteiger partial charge in [-0.05, 0) is 86.9 Å². The second kappa shape index (κ2) is 4.96. The summed E-state index contributed by atoms with van der Waals surface area (Å²) in [6.07, 6.45) is 10.5. The van der Waals surface area contributed by atoms with Crippen LogP contribution < -0.4 is 0 Å². The molecule has 0 aromatic rings. The van der Waals surface area contributed by atoms with Gasteiger partial charge in [-0.1, -0.05) is 19.0 Å². The highest BCUT2D eigenvalue weighted by Crippen LogP contribution is 2.65. The molecule has 0 aliphatic heterocycles. The number of hydrogen-bond acceptors (Lipinski definition) is 3. The zero-order chi connectivity index (χ0) is 15.5. The van der Waals surface area contributed by atoms with Crippen LogP contribution in [0.1, 0.15) is 71.6 Å². The number of rotatable bonds is 0. The molecule has 0 heterocycles. The highest BCUT2D eigenvalue weighted by atomic mass is 16.4. The number of aliphatic hydroxyl groups is 1. The van der Waals surface area contributed by atoms with Crippen molar-refractivity contribution >= 4 is 5.71 Å². The fourth-order valence-corrected chi connectivity index (χ4v) is 7.19. The van der Waals surface area contributed by atoms with Crippen molar-refractivity contribution in [3.05, 3.63) is 0 Å². The molecule has 4 aliphatic rings. The zero-order valence-corrected chi connectivity index (χ0v) is 14.1. The van der Waals surface area contributed by atoms with E-state index >= 15 is 0 Å². The van der Waals surface area contributed by atoms with Crippen LogP contribution in [0.15, 0.2) is 5.16 Å². The van der Waals surface area contributed by atoms with Crippen molar-refractivity contribution in [3.63, 3.8) is 0 Å². The molecule has 0 aromatic heterocycles. The van der Waals surface area contributed by atoms with Gasteiger partial charge in [0.1, 0.15) is 0 Å². The van der Waals surface area contributed by atoms with Gasteiger partial charge in [0.25, 0.3) is 0 Å². The van der Waals surface area contributed by atoms with Gasteiger partial charge >= 0.3 is 0 Å². The SMILES string of the molecule is C[C@@]12CC[C@@H](O)C[C@@H]1CC[C@H]1[C@H]2CC[C@]2(C)/C(=N\O)CC[C@@H]12. The minimum Gasteiger partial charge on any atom is -0.411 e. The Morgan fingerprint density at radius 2 is 1.82 bits per heavy atom. The van der Waals surface area contributed by atoms with E-state index in [4.69, 9.17) is 0 Å². The van der Waals surface area contributed by atoms with Gasteiger partial charge in [0, 0.05) is 5.41 Å². The van der Waals surface area contributed by atoms with E-state index in [0.29, 0.717) is 5.41 Å². The molecule has 4 fully saturated rings. The quantitative estimate of drug-likeness (QED) is 0.520. The van der Waals surface area contributed by atoms with Crippen LogP contribution >= 0.6 is 0 Å². The van der Waals surface area contributed by atoms with Gasteiger partial charge < -0.3 is 10.3 Å². The Balaban J connectivity index is 1.63. The van der Waals surface area contributed by atoms with Crippen molar-refractivity contribution in [1.82, 2.24) is 0 Å². The summed E-state index contributed by atoms with van der Waals surface area (Å²) in [6.45, 7) is 4.88. The third-order valence-corrected chi connectivity index (χ3v) is 8.50. The van der Waals surface area contributed by atoms with Gasteiger partial charge in [-0.2, -0.15) is 0 Å². The number of oxime groups is 1. The summed E-state index contributed by atoms with van der Waals surface area (Å²) in [5, 5.41) is 23.1. The second-order valence-electron chi connectivity index (χ2n) is 9.13. The normalized spacial score (nSPS) is 56.3. The van der Waals surface area contributed by atoms with E-state index in [1.807, 2.05) is 0 Å². The first-order chi connectivity index (χ1) is 10.5. The van der Waals surface area contributed by atoms with Crippen molar-refractivity contribution in [2.45, 2.75) is 77.7 Å². The Bertz CT molecular complexity index is 490. The van der Waals surface area contributed by atoms with Gasteiger partial charge in [0.2, 0.25) is 0 Å². The molecule has 0 saturated heterocycles. The Hall–Kier alpha value is -0.570. The maximum atomic E-state index is 10.1. The van der Waals surface area contributed by atoms with E-state index in [0.717, 1.165) is 48.6 Å². The third-order valence-electron chi connectivity index (χ3n) is 8.50. The average molecular weight is 305 g/mol. The lowest BCUT2D eigenvalue weighted by atomic mass is 9.45. The molecular formula is C19H31NO2. The Labute approximate surface area is 134 Å². The summed E-state index contributed by atoms with van der Waals surface area (Å²) in [4.78, 5) is 0. The van der Waals surface area contributed by atoms with Crippen LogP contribution in [0.5, 0.6) is 0 Å². The summed E-state index contributed by atoms with van der Waals surface area (Å²) in [6, 6.07) is 0. The molecule has 0 unspecified atom stereocenters. The summed E-state index contributed by atoms with van der Waals surface area (Å²) < 4.78 is 0. The van der Waals surface area contributed by atoms with Gasteiger partial charge in [0.05, 0.1) is 11.8 Å². The summed E-state index contributed by atoms with van der Waals surface area (Å²) >= 11 is 0. The molecule has 4 saturated carbocycles. The summed E-state index contributed by atoms with van der Waals surface area (Å²) in [5.74, 6) is 3.10. The smallest absolute Gasteiger partial charge is 0.0632 e. The summed E-state index contributed by atoms with van der Waals surface area (Å²) in [5.41, 5.74) is 1.68. The van der Waals surface area contributed by atoms with E-state index < -0.39 is 0 Å². The minimum atomic E-state index is -0.0527. The third kappa shape index (κ3) is 1.87. The molecule has 0 spiro atoms. The van der Waals surface area contributed by atoms with Crippen LogP contribution in [-0.4, -0.2) is 22.1 Å². The molecule has 7 atom stereocenters. The molecule has 2 N–H and O–H groups in total. The Morgan fingerprint density at radius 1 is 1.00 bits per heavy atom. The molecule has 0 radical (unpaired) electrons. The fraction of sp³-hybridized carbons (Fsp3) is 0.947. The maximum absolute atomic E-state index is 10.1. The first-order valence-electron chi connectivity index (χ1n) is 9.38. The highest BCUT2D eigenvalue weighted by molar-refractivity contribution is 5.91. The van der Waals surface area contributed by atoms with Crippen molar-refractivity contribution in [3.8, 4) is 0 Å². The molecule has 4 aliphatic carbocycles. The number of fused-ring (bicyclic) bond motifs is 5. The largest absolute Gasteiger partial charge is 0.411 e. The number of nitrogens with zero attached hydrogens (tertiary/aromatic N) is 1. The lowest BCUT2D eigenvalue weighted by molar-refractivity contribution is -0.114. The number of hydrogen-bond donors (Lipinski definition) is 2. The topological polar surface area (TPSA) is 52.8 Å². The van der Waals surface area contributed by atoms with E-state index in [2.05, 4.69) is 19.0 Å². The van der Waals surface area contributed by atoms with Crippen LogP contribution in [-0.2, 0) is 0 Å². The number of aliphatic hydroxyl groups excluding tert-OH is 1. The molecule has 0 aromatic carbocycles. The van der Waals surface area contributed by atoms with Crippen LogP contribution in [0.3, 0.4) is 0 Å². The van der Waals surface area contributed by atoms with Crippen molar-refractivity contribution < 1.29 is 10.3 Å². The highest BCUT2D eigenvalue weighted by Gasteiger charge is 2.59. The van der Waals surface area contributed by atoms with E-state index in [1.54, 1.807) is 0 Å². The van der Waals surface area contributed by atoms with Gasteiger partial charge in [-0.3, -0.25) is 0 Å². The predicted molar refractivity (Wildman–Crippen MR) is 87.0 cm³/mol. The molecule has 3 heteroatoms. The molecule has 3 nitrogen and oxygen atoms in total. The van der Waals surface area contributed by atoms with Crippen LogP contribution in [0.4, 0.5) is 0 Å². The molecule has 4 rings (SSSR count). The Kier molecular flexibility index (Phi) is 3.38. The molecule has 0 amide bonds. The second-order valence-corrected chi connectivity index (χ2v) is 9.13. The van der Waals surface area contributed by atoms with E-state index in [-0.39, 0.29) is 11.5 Å². The molecule has 124 valence electrons. The van der Waals surface area contributed by atoms with Gasteiger partial charge in [-0.15, -0.1) is 0 Å². The van der Waals surface area contributed by atoms with Crippen LogP contribution in [0.25, 0.3) is 0 Å². The summed E-state index contributed by atoms with van der Waals surface area (Å²) in [7, 11) is 0. The standard InChI is InChI=1S/C19H31NO2/c1-18-9-7-13(21)11-12(18)3-4-14-15-5-6-17(20-22)19(15,2)10-8-16(14)18/h12-16,21-22H,3-11H2,1-2H3/b20-17-/t12-,13+,14+,15-,16+,18+,19-/m0/s1. The lowest BCUT2D eigenvalue weighted by Gasteiger charge is -2.60. The molecular weight excluding hydrogens is 274 g/mol.